The van der Waals surface area contributed by atoms with Crippen molar-refractivity contribution < 1.29 is 9.18 Å². The lowest BCUT2D eigenvalue weighted by atomic mass is 9.85. The van der Waals surface area contributed by atoms with Crippen molar-refractivity contribution in [3.8, 4) is 6.07 Å². The molecule has 1 N–H and O–H groups in total. The molecule has 4 aromatic rings. The van der Waals surface area contributed by atoms with Gasteiger partial charge in [0.2, 0.25) is 0 Å². The minimum Gasteiger partial charge on any atom is -0.361 e. The average Bonchev–Trinajstić information content (AvgIpc) is 3.58. The molecule has 3 aliphatic rings. The van der Waals surface area contributed by atoms with E-state index in [4.69, 9.17) is 0 Å². The summed E-state index contributed by atoms with van der Waals surface area (Å²) in [4.78, 5) is 21.7. The SMILES string of the molecule is N#Cc1ccc2[nH]cc(CN3CCC(c4ccc5c(c4)CC(CC4CCN(Cc6ccc(F)cc6)CC4)C5=O)CC3)c2c1. The summed E-state index contributed by atoms with van der Waals surface area (Å²) in [6, 6.07) is 21.6. The van der Waals surface area contributed by atoms with Crippen molar-refractivity contribution in [2.45, 2.75) is 57.5 Å². The van der Waals surface area contributed by atoms with Gasteiger partial charge in [0.15, 0.2) is 5.78 Å². The molecule has 0 amide bonds. The van der Waals surface area contributed by atoms with E-state index in [0.29, 0.717) is 23.2 Å². The molecule has 2 aliphatic heterocycles. The number of nitriles is 1. The van der Waals surface area contributed by atoms with E-state index in [1.165, 1.54) is 16.7 Å². The summed E-state index contributed by atoms with van der Waals surface area (Å²) in [5, 5.41) is 10.5. The van der Waals surface area contributed by atoms with Crippen LogP contribution in [0, 0.1) is 29.0 Å². The number of carbonyl (C=O) groups excluding carboxylic acids is 1. The van der Waals surface area contributed by atoms with Gasteiger partial charge in [0.25, 0.3) is 0 Å². The molecule has 2 saturated heterocycles. The first kappa shape index (κ1) is 28.0. The highest BCUT2D eigenvalue weighted by Gasteiger charge is 2.34. The van der Waals surface area contributed by atoms with Crippen molar-refractivity contribution in [1.29, 1.82) is 5.26 Å². The molecule has 2 fully saturated rings. The summed E-state index contributed by atoms with van der Waals surface area (Å²) in [5.74, 6) is 1.42. The molecule has 6 heteroatoms. The van der Waals surface area contributed by atoms with Gasteiger partial charge < -0.3 is 4.98 Å². The first-order valence-electron chi connectivity index (χ1n) is 15.9. The number of nitrogens with one attached hydrogen (secondary N) is 1. The minimum absolute atomic E-state index is 0.124. The molecule has 0 spiro atoms. The normalized spacial score (nSPS) is 20.5. The maximum absolute atomic E-state index is 13.4. The zero-order valence-electron chi connectivity index (χ0n) is 24.7. The van der Waals surface area contributed by atoms with Gasteiger partial charge in [-0.25, -0.2) is 4.39 Å². The highest BCUT2D eigenvalue weighted by Crippen LogP contribution is 2.37. The standard InChI is InChI=1S/C37H39FN4O/c38-33-5-1-26(2-6-33)23-41-13-9-25(10-14-41)17-31-20-30-19-29(4-7-34(30)37(31)43)28-11-15-42(16-12-28)24-32-22-40-36-8-3-27(21-39)18-35(32)36/h1-8,18-19,22,25,28,31,40H,9-17,20,23-24H2. The van der Waals surface area contributed by atoms with E-state index in [9.17, 15) is 14.4 Å². The molecule has 1 aromatic heterocycles. The number of ketones is 1. The molecular formula is C37H39FN4O. The van der Waals surface area contributed by atoms with Crippen LogP contribution in [0.2, 0.25) is 0 Å². The first-order valence-corrected chi connectivity index (χ1v) is 15.9. The minimum atomic E-state index is -0.184. The monoisotopic (exact) mass is 574 g/mol. The van der Waals surface area contributed by atoms with E-state index in [-0.39, 0.29) is 11.7 Å². The number of fused-ring (bicyclic) bond motifs is 2. The highest BCUT2D eigenvalue weighted by molar-refractivity contribution is 6.02. The van der Waals surface area contributed by atoms with Gasteiger partial charge in [-0.3, -0.25) is 14.6 Å². The Kier molecular flexibility index (Phi) is 7.86. The number of Topliss-reactive ketones (excluding diaryl/α,β-unsaturated/α-hetero) is 1. The Morgan fingerprint density at radius 2 is 1.63 bits per heavy atom. The lowest BCUT2D eigenvalue weighted by Crippen LogP contribution is -2.34. The molecule has 1 atom stereocenters. The number of aromatic amines is 1. The first-order chi connectivity index (χ1) is 21.0. The van der Waals surface area contributed by atoms with Gasteiger partial charge in [0.1, 0.15) is 5.82 Å². The maximum atomic E-state index is 13.4. The highest BCUT2D eigenvalue weighted by atomic mass is 19.1. The maximum Gasteiger partial charge on any atom is 0.166 e. The predicted molar refractivity (Wildman–Crippen MR) is 167 cm³/mol. The third-order valence-corrected chi connectivity index (χ3v) is 10.2. The van der Waals surface area contributed by atoms with Crippen LogP contribution in [0.5, 0.6) is 0 Å². The number of carbonyl (C=O) groups is 1. The van der Waals surface area contributed by atoms with Gasteiger partial charge in [-0.2, -0.15) is 5.26 Å². The molecule has 0 saturated carbocycles. The summed E-state index contributed by atoms with van der Waals surface area (Å²) in [6.45, 7) is 5.95. The van der Waals surface area contributed by atoms with Gasteiger partial charge >= 0.3 is 0 Å². The topological polar surface area (TPSA) is 63.1 Å². The second-order valence-corrected chi connectivity index (χ2v) is 13.0. The second kappa shape index (κ2) is 12.1. The lowest BCUT2D eigenvalue weighted by molar-refractivity contribution is 0.0895. The van der Waals surface area contributed by atoms with E-state index in [0.717, 1.165) is 99.8 Å². The van der Waals surface area contributed by atoms with Crippen LogP contribution in [0.4, 0.5) is 4.39 Å². The molecule has 3 aromatic carbocycles. The fraction of sp³-hybridized carbons (Fsp3) is 0.405. The van der Waals surface area contributed by atoms with Crippen LogP contribution >= 0.6 is 0 Å². The second-order valence-electron chi connectivity index (χ2n) is 13.0. The van der Waals surface area contributed by atoms with E-state index < -0.39 is 0 Å². The number of halogens is 1. The molecule has 43 heavy (non-hydrogen) atoms. The zero-order valence-corrected chi connectivity index (χ0v) is 24.7. The zero-order chi connectivity index (χ0) is 29.3. The van der Waals surface area contributed by atoms with Crippen LogP contribution in [-0.4, -0.2) is 46.7 Å². The molecule has 1 unspecified atom stereocenters. The van der Waals surface area contributed by atoms with Crippen molar-refractivity contribution in [3.05, 3.63) is 106 Å². The number of benzene rings is 3. The number of aromatic nitrogens is 1. The Balaban J connectivity index is 0.911. The van der Waals surface area contributed by atoms with E-state index in [1.807, 2.05) is 30.3 Å². The van der Waals surface area contributed by atoms with Gasteiger partial charge in [-0.05, 0) is 129 Å². The lowest BCUT2D eigenvalue weighted by Gasteiger charge is -2.33. The van der Waals surface area contributed by atoms with Crippen LogP contribution in [0.1, 0.15) is 76.2 Å². The van der Waals surface area contributed by atoms with Crippen LogP contribution < -0.4 is 0 Å². The quantitative estimate of drug-likeness (QED) is 0.253. The van der Waals surface area contributed by atoms with Crippen molar-refractivity contribution in [2.75, 3.05) is 26.2 Å². The predicted octanol–water partition coefficient (Wildman–Crippen LogP) is 7.22. The van der Waals surface area contributed by atoms with Crippen LogP contribution in [0.3, 0.4) is 0 Å². The Morgan fingerprint density at radius 3 is 2.40 bits per heavy atom. The summed E-state index contributed by atoms with van der Waals surface area (Å²) in [5.41, 5.74) is 7.81. The van der Waals surface area contributed by atoms with Crippen molar-refractivity contribution >= 4 is 16.7 Å². The van der Waals surface area contributed by atoms with Gasteiger partial charge in [0, 0.05) is 41.7 Å². The van der Waals surface area contributed by atoms with Crippen LogP contribution in [0.15, 0.2) is 66.9 Å². The van der Waals surface area contributed by atoms with E-state index in [2.05, 4.69) is 45.2 Å². The number of hydrogen-bond donors (Lipinski definition) is 1. The fourth-order valence-electron chi connectivity index (χ4n) is 7.72. The summed E-state index contributed by atoms with van der Waals surface area (Å²) in [7, 11) is 0. The number of H-pyrrole nitrogens is 1. The van der Waals surface area contributed by atoms with Gasteiger partial charge in [-0.15, -0.1) is 0 Å². The Morgan fingerprint density at radius 1 is 0.884 bits per heavy atom. The average molecular weight is 575 g/mol. The number of likely N-dealkylation sites (tertiary alicyclic amines) is 2. The largest absolute Gasteiger partial charge is 0.361 e. The molecule has 0 bridgehead atoms. The third-order valence-electron chi connectivity index (χ3n) is 10.2. The van der Waals surface area contributed by atoms with Gasteiger partial charge in [0.05, 0.1) is 11.6 Å². The Hall–Kier alpha value is -3.79. The molecule has 220 valence electrons. The summed E-state index contributed by atoms with van der Waals surface area (Å²) >= 11 is 0. The Bertz CT molecular complexity index is 1650. The van der Waals surface area contributed by atoms with Gasteiger partial charge in [-0.1, -0.05) is 30.3 Å². The molecule has 1 aliphatic carbocycles. The van der Waals surface area contributed by atoms with E-state index >= 15 is 0 Å². The molecule has 5 nitrogen and oxygen atoms in total. The molecular weight excluding hydrogens is 535 g/mol. The van der Waals surface area contributed by atoms with Crippen molar-refractivity contribution in [1.82, 2.24) is 14.8 Å². The number of hydrogen-bond acceptors (Lipinski definition) is 4. The molecule has 3 heterocycles. The Labute approximate surface area is 253 Å². The van der Waals surface area contributed by atoms with E-state index in [1.54, 1.807) is 12.1 Å². The fourth-order valence-corrected chi connectivity index (χ4v) is 7.72. The van der Waals surface area contributed by atoms with Crippen LogP contribution in [-0.2, 0) is 19.5 Å². The third kappa shape index (κ3) is 6.02. The summed E-state index contributed by atoms with van der Waals surface area (Å²) < 4.78 is 13.2. The van der Waals surface area contributed by atoms with Crippen molar-refractivity contribution in [2.24, 2.45) is 11.8 Å². The van der Waals surface area contributed by atoms with Crippen LogP contribution in [0.25, 0.3) is 10.9 Å². The summed E-state index contributed by atoms with van der Waals surface area (Å²) in [6.07, 6.45) is 8.48. The number of rotatable bonds is 7. The molecule has 7 rings (SSSR count). The number of piperidine rings is 2. The number of nitrogens with zero attached hydrogens (tertiary/aromatic N) is 3. The smallest absolute Gasteiger partial charge is 0.166 e. The van der Waals surface area contributed by atoms with Crippen molar-refractivity contribution in [3.63, 3.8) is 0 Å². The molecule has 0 radical (unpaired) electrons.